The maximum Gasteiger partial charge on any atom is 0.223 e. The van der Waals surface area contributed by atoms with Gasteiger partial charge in [-0.1, -0.05) is 6.42 Å². The molecule has 0 aromatic heterocycles. The minimum Gasteiger partial charge on any atom is -0.357 e. The van der Waals surface area contributed by atoms with Crippen molar-refractivity contribution in [2.45, 2.75) is 52.0 Å². The van der Waals surface area contributed by atoms with E-state index >= 15 is 0 Å². The Hall–Kier alpha value is -1.30. The lowest BCUT2D eigenvalue weighted by molar-refractivity contribution is -0.128. The number of carbonyl (C=O) groups excluding carboxylic acids is 1. The SMILES string of the molecule is CCNC(=NCC(C)(C)N1CCCCC1)NCCC(=O)N(C)C. The number of hydrogen-bond acceptors (Lipinski definition) is 3. The molecular weight excluding hydrogens is 290 g/mol. The van der Waals surface area contributed by atoms with E-state index in [1.165, 1.54) is 32.4 Å². The van der Waals surface area contributed by atoms with Gasteiger partial charge >= 0.3 is 0 Å². The molecule has 0 unspecified atom stereocenters. The zero-order chi connectivity index (χ0) is 17.3. The van der Waals surface area contributed by atoms with Gasteiger partial charge in [-0.05, 0) is 46.7 Å². The zero-order valence-corrected chi connectivity index (χ0v) is 15.6. The molecule has 6 heteroatoms. The van der Waals surface area contributed by atoms with Gasteiger partial charge in [-0.3, -0.25) is 14.7 Å². The van der Waals surface area contributed by atoms with Crippen molar-refractivity contribution in [1.29, 1.82) is 0 Å². The second kappa shape index (κ2) is 9.75. The molecule has 23 heavy (non-hydrogen) atoms. The van der Waals surface area contributed by atoms with E-state index in [-0.39, 0.29) is 11.4 Å². The fraction of sp³-hybridized carbons (Fsp3) is 0.882. The molecule has 0 atom stereocenters. The lowest BCUT2D eigenvalue weighted by atomic mass is 9.99. The summed E-state index contributed by atoms with van der Waals surface area (Å²) < 4.78 is 0. The Kier molecular flexibility index (Phi) is 8.37. The molecule has 1 amide bonds. The maximum absolute atomic E-state index is 11.6. The first-order valence-electron chi connectivity index (χ1n) is 8.84. The predicted octanol–water partition coefficient (Wildman–Crippen LogP) is 1.28. The number of nitrogens with one attached hydrogen (secondary N) is 2. The van der Waals surface area contributed by atoms with E-state index in [2.05, 4.69) is 36.3 Å². The van der Waals surface area contributed by atoms with Crippen LogP contribution in [0.1, 0.15) is 46.5 Å². The first-order valence-corrected chi connectivity index (χ1v) is 8.84. The molecule has 0 radical (unpaired) electrons. The fourth-order valence-electron chi connectivity index (χ4n) is 2.72. The third-order valence-electron chi connectivity index (χ3n) is 4.31. The number of nitrogens with zero attached hydrogens (tertiary/aromatic N) is 3. The van der Waals surface area contributed by atoms with Gasteiger partial charge in [0.15, 0.2) is 5.96 Å². The largest absolute Gasteiger partial charge is 0.357 e. The minimum atomic E-state index is 0.0717. The topological polar surface area (TPSA) is 60.0 Å². The van der Waals surface area contributed by atoms with Crippen molar-refractivity contribution in [3.63, 3.8) is 0 Å². The molecule has 0 aromatic carbocycles. The second-order valence-electron chi connectivity index (χ2n) is 7.02. The number of guanidine groups is 1. The molecule has 0 aliphatic carbocycles. The predicted molar refractivity (Wildman–Crippen MR) is 96.8 cm³/mol. The van der Waals surface area contributed by atoms with Crippen molar-refractivity contribution in [2.24, 2.45) is 4.99 Å². The molecule has 1 heterocycles. The van der Waals surface area contributed by atoms with Crippen LogP contribution in [0.25, 0.3) is 0 Å². The Balaban J connectivity index is 2.50. The van der Waals surface area contributed by atoms with Crippen LogP contribution in [0.2, 0.25) is 0 Å². The Morgan fingerprint density at radius 1 is 1.17 bits per heavy atom. The van der Waals surface area contributed by atoms with Crippen LogP contribution in [0.5, 0.6) is 0 Å². The van der Waals surface area contributed by atoms with Crippen molar-refractivity contribution in [2.75, 3.05) is 46.8 Å². The highest BCUT2D eigenvalue weighted by Crippen LogP contribution is 2.20. The Bertz CT molecular complexity index is 386. The molecular formula is C17H35N5O. The standard InChI is InChI=1S/C17H35N5O/c1-6-18-16(19-11-10-15(23)21(4)5)20-14-17(2,3)22-12-8-7-9-13-22/h6-14H2,1-5H3,(H2,18,19,20). The molecule has 1 aliphatic heterocycles. The quantitative estimate of drug-likeness (QED) is 0.547. The number of likely N-dealkylation sites (tertiary alicyclic amines) is 1. The molecule has 0 aromatic rings. The van der Waals surface area contributed by atoms with Gasteiger partial charge in [0.05, 0.1) is 6.54 Å². The summed E-state index contributed by atoms with van der Waals surface area (Å²) in [7, 11) is 3.56. The minimum absolute atomic E-state index is 0.0717. The zero-order valence-electron chi connectivity index (χ0n) is 15.6. The summed E-state index contributed by atoms with van der Waals surface area (Å²) in [5, 5.41) is 6.51. The highest BCUT2D eigenvalue weighted by Gasteiger charge is 2.27. The lowest BCUT2D eigenvalue weighted by Crippen LogP contribution is -2.49. The van der Waals surface area contributed by atoms with Crippen LogP contribution in [0.15, 0.2) is 4.99 Å². The summed E-state index contributed by atoms with van der Waals surface area (Å²) in [6.07, 6.45) is 4.41. The molecule has 2 N–H and O–H groups in total. The van der Waals surface area contributed by atoms with Crippen molar-refractivity contribution in [1.82, 2.24) is 20.4 Å². The molecule has 0 saturated carbocycles. The van der Waals surface area contributed by atoms with Gasteiger partial charge in [0.2, 0.25) is 5.91 Å². The summed E-state index contributed by atoms with van der Waals surface area (Å²) in [6.45, 7) is 11.1. The fourth-order valence-corrected chi connectivity index (χ4v) is 2.72. The van der Waals surface area contributed by atoms with Gasteiger partial charge in [0, 0.05) is 39.1 Å². The van der Waals surface area contributed by atoms with Gasteiger partial charge in [-0.2, -0.15) is 0 Å². The number of hydrogen-bond donors (Lipinski definition) is 2. The average Bonchev–Trinajstić information content (AvgIpc) is 2.53. The van der Waals surface area contributed by atoms with Crippen molar-refractivity contribution in [3.8, 4) is 0 Å². The lowest BCUT2D eigenvalue weighted by Gasteiger charge is -2.40. The summed E-state index contributed by atoms with van der Waals surface area (Å²) in [4.78, 5) is 20.5. The van der Waals surface area contributed by atoms with Crippen LogP contribution in [0.4, 0.5) is 0 Å². The smallest absolute Gasteiger partial charge is 0.223 e. The molecule has 1 rings (SSSR count). The molecule has 1 fully saturated rings. The van der Waals surface area contributed by atoms with Crippen LogP contribution in [-0.2, 0) is 4.79 Å². The van der Waals surface area contributed by atoms with Crippen LogP contribution in [-0.4, -0.2) is 74.0 Å². The van der Waals surface area contributed by atoms with E-state index in [9.17, 15) is 4.79 Å². The van der Waals surface area contributed by atoms with E-state index < -0.39 is 0 Å². The second-order valence-corrected chi connectivity index (χ2v) is 7.02. The number of aliphatic imine (C=N–C) groups is 1. The van der Waals surface area contributed by atoms with Gasteiger partial charge < -0.3 is 15.5 Å². The van der Waals surface area contributed by atoms with Gasteiger partial charge in [-0.25, -0.2) is 0 Å². The maximum atomic E-state index is 11.6. The number of piperidine rings is 1. The van der Waals surface area contributed by atoms with E-state index in [0.717, 1.165) is 19.0 Å². The van der Waals surface area contributed by atoms with Crippen LogP contribution < -0.4 is 10.6 Å². The van der Waals surface area contributed by atoms with E-state index in [4.69, 9.17) is 4.99 Å². The van der Waals surface area contributed by atoms with E-state index in [1.54, 1.807) is 19.0 Å². The Morgan fingerprint density at radius 2 is 1.83 bits per heavy atom. The number of carbonyl (C=O) groups is 1. The van der Waals surface area contributed by atoms with Crippen molar-refractivity contribution in [3.05, 3.63) is 0 Å². The van der Waals surface area contributed by atoms with Gasteiger partial charge in [0.25, 0.3) is 0 Å². The monoisotopic (exact) mass is 325 g/mol. The summed E-state index contributed by atoms with van der Waals surface area (Å²) in [5.74, 6) is 0.922. The summed E-state index contributed by atoms with van der Waals surface area (Å²) in [5.41, 5.74) is 0.0717. The van der Waals surface area contributed by atoms with Gasteiger partial charge in [-0.15, -0.1) is 0 Å². The summed E-state index contributed by atoms with van der Waals surface area (Å²) in [6, 6.07) is 0. The number of amides is 1. The molecule has 0 spiro atoms. The van der Waals surface area contributed by atoms with Crippen molar-refractivity contribution < 1.29 is 4.79 Å². The first-order chi connectivity index (χ1) is 10.9. The summed E-state index contributed by atoms with van der Waals surface area (Å²) >= 11 is 0. The molecule has 134 valence electrons. The van der Waals surface area contributed by atoms with E-state index in [0.29, 0.717) is 13.0 Å². The number of rotatable bonds is 7. The Labute approximate surface area is 141 Å². The molecule has 6 nitrogen and oxygen atoms in total. The van der Waals surface area contributed by atoms with E-state index in [1.807, 2.05) is 0 Å². The molecule has 0 bridgehead atoms. The normalized spacial score (nSPS) is 17.0. The first kappa shape index (κ1) is 19.7. The molecule has 1 saturated heterocycles. The van der Waals surface area contributed by atoms with Crippen molar-refractivity contribution >= 4 is 11.9 Å². The third kappa shape index (κ3) is 7.20. The van der Waals surface area contributed by atoms with Crippen LogP contribution in [0, 0.1) is 0 Å². The highest BCUT2D eigenvalue weighted by molar-refractivity contribution is 5.81. The van der Waals surface area contributed by atoms with Gasteiger partial charge in [0.1, 0.15) is 0 Å². The van der Waals surface area contributed by atoms with Crippen LogP contribution in [0.3, 0.4) is 0 Å². The molecule has 1 aliphatic rings. The Morgan fingerprint density at radius 3 is 2.39 bits per heavy atom. The van der Waals surface area contributed by atoms with Crippen LogP contribution >= 0.6 is 0 Å². The third-order valence-corrected chi connectivity index (χ3v) is 4.31. The highest BCUT2D eigenvalue weighted by atomic mass is 16.2. The average molecular weight is 326 g/mol.